The quantitative estimate of drug-likeness (QED) is 0.851. The summed E-state index contributed by atoms with van der Waals surface area (Å²) in [6.45, 7) is 2.67. The van der Waals surface area contributed by atoms with Gasteiger partial charge in [-0.1, -0.05) is 17.8 Å². The molecule has 0 saturated carbocycles. The van der Waals surface area contributed by atoms with Crippen LogP contribution in [0.15, 0.2) is 22.5 Å². The molecule has 1 aromatic heterocycles. The summed E-state index contributed by atoms with van der Waals surface area (Å²) in [5, 5.41) is 2.93. The average molecular weight is 336 g/mol. The molecule has 0 fully saturated rings. The van der Waals surface area contributed by atoms with E-state index in [-0.39, 0.29) is 12.7 Å². The zero-order chi connectivity index (χ0) is 15.5. The summed E-state index contributed by atoms with van der Waals surface area (Å²) in [6.07, 6.45) is 2.36. The molecule has 1 amide bonds. The van der Waals surface area contributed by atoms with Gasteiger partial charge >= 0.3 is 0 Å². The fourth-order valence-corrected chi connectivity index (χ4v) is 3.77. The van der Waals surface area contributed by atoms with Crippen LogP contribution >= 0.6 is 23.1 Å². The van der Waals surface area contributed by atoms with Gasteiger partial charge in [0.2, 0.25) is 12.7 Å². The number of fused-ring (bicyclic) bond motifs is 1. The molecule has 7 heteroatoms. The fraction of sp³-hybridized carbons (Fsp3) is 0.333. The summed E-state index contributed by atoms with van der Waals surface area (Å²) in [6, 6.07) is 5.69. The number of hydrogen-bond acceptors (Lipinski definition) is 6. The van der Waals surface area contributed by atoms with E-state index in [2.05, 4.69) is 10.3 Å². The number of carbonyl (C=O) groups is 1. The third-order valence-corrected chi connectivity index (χ3v) is 5.44. The molecule has 0 atom stereocenters. The van der Waals surface area contributed by atoms with Crippen LogP contribution in [0.1, 0.15) is 16.1 Å². The maximum Gasteiger partial charge on any atom is 0.231 e. The largest absolute Gasteiger partial charge is 0.454 e. The summed E-state index contributed by atoms with van der Waals surface area (Å²) < 4.78 is 11.6. The highest BCUT2D eigenvalue weighted by Gasteiger charge is 2.14. The number of thiazole rings is 1. The highest BCUT2D eigenvalue weighted by atomic mass is 32.2. The van der Waals surface area contributed by atoms with Crippen molar-refractivity contribution in [1.82, 2.24) is 10.3 Å². The number of nitrogens with one attached hydrogen (secondary N) is 1. The van der Waals surface area contributed by atoms with Gasteiger partial charge < -0.3 is 14.8 Å². The Morgan fingerprint density at radius 1 is 1.41 bits per heavy atom. The first-order chi connectivity index (χ1) is 10.7. The van der Waals surface area contributed by atoms with Gasteiger partial charge in [-0.3, -0.25) is 4.79 Å². The van der Waals surface area contributed by atoms with Gasteiger partial charge in [-0.05, 0) is 30.9 Å². The van der Waals surface area contributed by atoms with E-state index in [0.717, 1.165) is 32.0 Å². The van der Waals surface area contributed by atoms with Gasteiger partial charge in [0.1, 0.15) is 4.34 Å². The number of aromatic nitrogens is 1. The first-order valence-electron chi connectivity index (χ1n) is 6.81. The van der Waals surface area contributed by atoms with Gasteiger partial charge in [0.15, 0.2) is 11.5 Å². The maximum absolute atomic E-state index is 12.1. The predicted molar refractivity (Wildman–Crippen MR) is 86.7 cm³/mol. The molecule has 0 unspecified atom stereocenters. The molecule has 1 N–H and O–H groups in total. The minimum absolute atomic E-state index is 0.00271. The molecule has 0 bridgehead atoms. The zero-order valence-corrected chi connectivity index (χ0v) is 14.0. The number of carbonyl (C=O) groups excluding carboxylic acids is 1. The molecular formula is C15H16N2O3S2. The van der Waals surface area contributed by atoms with Gasteiger partial charge in [0, 0.05) is 11.4 Å². The van der Waals surface area contributed by atoms with E-state index in [1.54, 1.807) is 23.1 Å². The minimum atomic E-state index is -0.00271. The first-order valence-corrected chi connectivity index (χ1v) is 8.85. The lowest BCUT2D eigenvalue weighted by molar-refractivity contribution is -0.120. The van der Waals surface area contributed by atoms with E-state index in [0.29, 0.717) is 13.0 Å². The Morgan fingerprint density at radius 3 is 3.00 bits per heavy atom. The van der Waals surface area contributed by atoms with Crippen LogP contribution in [0.4, 0.5) is 0 Å². The molecule has 116 valence electrons. The van der Waals surface area contributed by atoms with E-state index >= 15 is 0 Å². The number of hydrogen-bond donors (Lipinski definition) is 1. The molecule has 1 aliphatic heterocycles. The van der Waals surface area contributed by atoms with E-state index < -0.39 is 0 Å². The molecular weight excluding hydrogens is 320 g/mol. The third-order valence-electron chi connectivity index (χ3n) is 3.30. The Bertz CT molecular complexity index is 700. The number of ether oxygens (including phenoxy) is 2. The Morgan fingerprint density at radius 2 is 2.23 bits per heavy atom. The van der Waals surface area contributed by atoms with Crippen molar-refractivity contribution in [3.8, 4) is 11.5 Å². The molecule has 0 saturated heterocycles. The predicted octanol–water partition coefficient (Wildman–Crippen LogP) is 2.76. The molecule has 1 aromatic carbocycles. The van der Waals surface area contributed by atoms with Gasteiger partial charge in [-0.25, -0.2) is 4.98 Å². The first kappa shape index (κ1) is 15.2. The zero-order valence-electron chi connectivity index (χ0n) is 12.3. The van der Waals surface area contributed by atoms with Crippen LogP contribution in [0, 0.1) is 6.92 Å². The van der Waals surface area contributed by atoms with Crippen molar-refractivity contribution in [2.75, 3.05) is 13.0 Å². The minimum Gasteiger partial charge on any atom is -0.454 e. The molecule has 2 aromatic rings. The van der Waals surface area contributed by atoms with Crippen molar-refractivity contribution in [2.24, 2.45) is 0 Å². The molecule has 0 radical (unpaired) electrons. The Hall–Kier alpha value is -1.73. The third kappa shape index (κ3) is 3.36. The van der Waals surface area contributed by atoms with Gasteiger partial charge in [-0.2, -0.15) is 0 Å². The van der Waals surface area contributed by atoms with Crippen molar-refractivity contribution >= 4 is 29.0 Å². The van der Waals surface area contributed by atoms with Crippen LogP contribution in [0.5, 0.6) is 11.5 Å². The van der Waals surface area contributed by atoms with Gasteiger partial charge in [-0.15, -0.1) is 11.3 Å². The molecule has 0 aliphatic carbocycles. The number of amides is 1. The van der Waals surface area contributed by atoms with Crippen LogP contribution in [0.2, 0.25) is 0 Å². The van der Waals surface area contributed by atoms with Crippen molar-refractivity contribution < 1.29 is 14.3 Å². The summed E-state index contributed by atoms with van der Waals surface area (Å²) in [5.41, 5.74) is 1.93. The summed E-state index contributed by atoms with van der Waals surface area (Å²) in [5.74, 6) is 1.48. The number of rotatable bonds is 5. The molecule has 1 aliphatic rings. The number of benzene rings is 1. The van der Waals surface area contributed by atoms with Crippen molar-refractivity contribution in [2.45, 2.75) is 24.2 Å². The molecule has 22 heavy (non-hydrogen) atoms. The summed E-state index contributed by atoms with van der Waals surface area (Å²) in [7, 11) is 0. The standard InChI is InChI=1S/C15H16N2O3S2/c1-9-13(22-15(17-9)21-2)6-14(18)16-7-10-3-4-11-12(5-10)20-8-19-11/h3-5H,6-8H2,1-2H3,(H,16,18). The summed E-state index contributed by atoms with van der Waals surface area (Å²) >= 11 is 3.18. The lowest BCUT2D eigenvalue weighted by atomic mass is 10.2. The van der Waals surface area contributed by atoms with Crippen LogP contribution in [0.3, 0.4) is 0 Å². The maximum atomic E-state index is 12.1. The van der Waals surface area contributed by atoms with Crippen molar-refractivity contribution in [3.63, 3.8) is 0 Å². The van der Waals surface area contributed by atoms with Crippen molar-refractivity contribution in [1.29, 1.82) is 0 Å². The van der Waals surface area contributed by atoms with Crippen LogP contribution in [0.25, 0.3) is 0 Å². The molecule has 0 spiro atoms. The Balaban J connectivity index is 1.57. The van der Waals surface area contributed by atoms with E-state index in [1.165, 1.54) is 0 Å². The number of aryl methyl sites for hydroxylation is 1. The number of nitrogens with zero attached hydrogens (tertiary/aromatic N) is 1. The average Bonchev–Trinajstić information content (AvgIpc) is 3.11. The van der Waals surface area contributed by atoms with E-state index in [9.17, 15) is 4.79 Å². The van der Waals surface area contributed by atoms with Gasteiger partial charge in [0.05, 0.1) is 12.1 Å². The SMILES string of the molecule is CSc1nc(C)c(CC(=O)NCc2ccc3c(c2)OCO3)s1. The molecule has 5 nitrogen and oxygen atoms in total. The Labute approximate surface area is 137 Å². The Kier molecular flexibility index (Phi) is 4.54. The van der Waals surface area contributed by atoms with Crippen molar-refractivity contribution in [3.05, 3.63) is 34.3 Å². The van der Waals surface area contributed by atoms with E-state index in [1.807, 2.05) is 31.4 Å². The second-order valence-corrected chi connectivity index (χ2v) is 6.97. The summed E-state index contributed by atoms with van der Waals surface area (Å²) in [4.78, 5) is 17.5. The smallest absolute Gasteiger partial charge is 0.231 e. The highest BCUT2D eigenvalue weighted by molar-refractivity contribution is 8.00. The fourth-order valence-electron chi connectivity index (χ4n) is 2.11. The molecule has 2 heterocycles. The second kappa shape index (κ2) is 6.58. The number of thioether (sulfide) groups is 1. The molecule has 3 rings (SSSR count). The lowest BCUT2D eigenvalue weighted by Gasteiger charge is -2.06. The topological polar surface area (TPSA) is 60.5 Å². The monoisotopic (exact) mass is 336 g/mol. The van der Waals surface area contributed by atoms with Gasteiger partial charge in [0.25, 0.3) is 0 Å². The van der Waals surface area contributed by atoms with E-state index in [4.69, 9.17) is 9.47 Å². The lowest BCUT2D eigenvalue weighted by Crippen LogP contribution is -2.24. The van der Waals surface area contributed by atoms with Crippen LogP contribution in [-0.2, 0) is 17.8 Å². The normalized spacial score (nSPS) is 12.5. The highest BCUT2D eigenvalue weighted by Crippen LogP contribution is 2.32. The second-order valence-electron chi connectivity index (χ2n) is 4.83. The van der Waals surface area contributed by atoms with Crippen LogP contribution in [-0.4, -0.2) is 23.9 Å². The van der Waals surface area contributed by atoms with Crippen LogP contribution < -0.4 is 14.8 Å².